The van der Waals surface area contributed by atoms with Crippen LogP contribution >= 0.6 is 0 Å². The van der Waals surface area contributed by atoms with Crippen molar-refractivity contribution in [2.45, 2.75) is 67.6 Å². The molecule has 1 saturated heterocycles. The second kappa shape index (κ2) is 9.52. The molecule has 0 spiro atoms. The summed E-state index contributed by atoms with van der Waals surface area (Å²) >= 11 is 0. The molecule has 0 radical (unpaired) electrons. The zero-order chi connectivity index (χ0) is 24.6. The molecule has 5 rings (SSSR count). The monoisotopic (exact) mass is 494 g/mol. The molecule has 1 unspecified atom stereocenters. The van der Waals surface area contributed by atoms with Gasteiger partial charge in [-0.05, 0) is 87.8 Å². The number of nitrogens with one attached hydrogen (secondary N) is 1. The molecule has 1 aromatic carbocycles. The molecule has 2 aliphatic rings. The zero-order valence-electron chi connectivity index (χ0n) is 20.4. The van der Waals surface area contributed by atoms with E-state index in [-0.39, 0.29) is 11.2 Å². The molecule has 6 nitrogen and oxygen atoms in total. The molecule has 186 valence electrons. The Bertz CT molecular complexity index is 1250. The van der Waals surface area contributed by atoms with E-state index in [9.17, 15) is 13.5 Å². The molecule has 2 N–H and O–H groups in total. The van der Waals surface area contributed by atoms with E-state index in [1.165, 1.54) is 0 Å². The van der Waals surface area contributed by atoms with Gasteiger partial charge in [-0.1, -0.05) is 18.2 Å². The Morgan fingerprint density at radius 2 is 1.74 bits per heavy atom. The van der Waals surface area contributed by atoms with E-state index in [2.05, 4.69) is 16.0 Å². The van der Waals surface area contributed by atoms with E-state index < -0.39 is 15.4 Å². The number of pyridine rings is 1. The lowest BCUT2D eigenvalue weighted by atomic mass is 9.83. The molecule has 3 heterocycles. The highest BCUT2D eigenvalue weighted by Gasteiger charge is 2.37. The third-order valence-corrected chi connectivity index (χ3v) is 9.59. The standard InChI is InChI=1S/C28H34N2O4S/c1-28(2,31)21-5-10-26(29-18-21)27-12-11-25(30-27)24(17-19-13-15-34-16-14-19)20-3-6-22(7-4-20)35(32,33)23-8-9-23/h3-7,10-12,18-19,23-24,30-31H,8-9,13-17H2,1-2H3. The Labute approximate surface area is 207 Å². The number of rotatable bonds is 8. The molecule has 1 aliphatic heterocycles. The van der Waals surface area contributed by atoms with E-state index in [0.717, 1.165) is 73.5 Å². The van der Waals surface area contributed by atoms with Crippen LogP contribution in [0.4, 0.5) is 0 Å². The largest absolute Gasteiger partial charge is 0.386 e. The average molecular weight is 495 g/mol. The van der Waals surface area contributed by atoms with Gasteiger partial charge in [-0.15, -0.1) is 0 Å². The Morgan fingerprint density at radius 1 is 1.03 bits per heavy atom. The maximum absolute atomic E-state index is 12.7. The first-order chi connectivity index (χ1) is 16.7. The number of aromatic amines is 1. The molecule has 3 aromatic rings. The topological polar surface area (TPSA) is 92.3 Å². The summed E-state index contributed by atoms with van der Waals surface area (Å²) in [6.45, 7) is 5.09. The van der Waals surface area contributed by atoms with E-state index in [4.69, 9.17) is 4.74 Å². The third-order valence-electron chi connectivity index (χ3n) is 7.31. The summed E-state index contributed by atoms with van der Waals surface area (Å²) in [6.07, 6.45) is 6.31. The Kier molecular flexibility index (Phi) is 6.59. The van der Waals surface area contributed by atoms with Gasteiger partial charge in [0, 0.05) is 36.6 Å². The fourth-order valence-electron chi connectivity index (χ4n) is 4.90. The smallest absolute Gasteiger partial charge is 0.181 e. The number of hydrogen-bond donors (Lipinski definition) is 2. The molecular formula is C28H34N2O4S. The van der Waals surface area contributed by atoms with E-state index >= 15 is 0 Å². The van der Waals surface area contributed by atoms with Crippen LogP contribution in [-0.2, 0) is 20.2 Å². The van der Waals surface area contributed by atoms with Gasteiger partial charge in [0.05, 0.1) is 27.1 Å². The van der Waals surface area contributed by atoms with E-state index in [0.29, 0.717) is 10.8 Å². The maximum Gasteiger partial charge on any atom is 0.181 e. The maximum atomic E-state index is 12.7. The molecule has 1 saturated carbocycles. The number of nitrogens with zero attached hydrogens (tertiary/aromatic N) is 1. The first-order valence-electron chi connectivity index (χ1n) is 12.5. The van der Waals surface area contributed by atoms with Crippen LogP contribution < -0.4 is 0 Å². The minimum atomic E-state index is -3.20. The number of sulfone groups is 1. The normalized spacial score (nSPS) is 18.5. The fraction of sp³-hybridized carbons (Fsp3) is 0.464. The zero-order valence-corrected chi connectivity index (χ0v) is 21.2. The fourth-order valence-corrected chi connectivity index (χ4v) is 6.56. The quantitative estimate of drug-likeness (QED) is 0.450. The highest BCUT2D eigenvalue weighted by Crippen LogP contribution is 2.37. The SMILES string of the molecule is CC(C)(O)c1ccc(-c2ccc(C(CC3CCOCC3)c3ccc(S(=O)(=O)C4CC4)cc3)[nH]2)nc1. The van der Waals surface area contributed by atoms with E-state index in [1.54, 1.807) is 32.2 Å². The van der Waals surface area contributed by atoms with Gasteiger partial charge in [-0.2, -0.15) is 0 Å². The summed E-state index contributed by atoms with van der Waals surface area (Å²) in [5.41, 5.74) is 3.79. The van der Waals surface area contributed by atoms with Crippen molar-refractivity contribution in [3.05, 3.63) is 71.5 Å². The van der Waals surface area contributed by atoms with Crippen molar-refractivity contribution in [2.75, 3.05) is 13.2 Å². The molecule has 7 heteroatoms. The molecule has 0 amide bonds. The summed E-state index contributed by atoms with van der Waals surface area (Å²) in [5.74, 6) is 0.680. The summed E-state index contributed by atoms with van der Waals surface area (Å²) in [4.78, 5) is 8.57. The van der Waals surface area contributed by atoms with Crippen molar-refractivity contribution in [1.82, 2.24) is 9.97 Å². The number of aromatic nitrogens is 2. The Hall–Kier alpha value is -2.48. The van der Waals surface area contributed by atoms with Crippen molar-refractivity contribution in [2.24, 2.45) is 5.92 Å². The highest BCUT2D eigenvalue weighted by molar-refractivity contribution is 7.92. The van der Waals surface area contributed by atoms with Crippen LogP contribution in [0.15, 0.2) is 59.6 Å². The van der Waals surface area contributed by atoms with Gasteiger partial charge >= 0.3 is 0 Å². The average Bonchev–Trinajstić information content (AvgIpc) is 3.61. The first kappa shape index (κ1) is 24.2. The van der Waals surface area contributed by atoms with Gasteiger partial charge in [0.25, 0.3) is 0 Å². The van der Waals surface area contributed by atoms with Gasteiger partial charge in [-0.3, -0.25) is 4.98 Å². The van der Waals surface area contributed by atoms with Crippen molar-refractivity contribution in [3.8, 4) is 11.4 Å². The number of ether oxygens (including phenoxy) is 1. The molecule has 2 fully saturated rings. The lowest BCUT2D eigenvalue weighted by Gasteiger charge is -2.27. The summed E-state index contributed by atoms with van der Waals surface area (Å²) in [5, 5.41) is 10.0. The molecular weight excluding hydrogens is 460 g/mol. The number of hydrogen-bond acceptors (Lipinski definition) is 5. The van der Waals surface area contributed by atoms with Crippen LogP contribution in [0.1, 0.15) is 68.7 Å². The highest BCUT2D eigenvalue weighted by atomic mass is 32.2. The van der Waals surface area contributed by atoms with Crippen molar-refractivity contribution >= 4 is 9.84 Å². The number of H-pyrrole nitrogens is 1. The van der Waals surface area contributed by atoms with Crippen LogP contribution in [0.5, 0.6) is 0 Å². The minimum absolute atomic E-state index is 0.125. The predicted molar refractivity (Wildman–Crippen MR) is 136 cm³/mol. The number of benzene rings is 1. The van der Waals surface area contributed by atoms with Crippen LogP contribution in [0.25, 0.3) is 11.4 Å². The van der Waals surface area contributed by atoms with Crippen LogP contribution in [-0.4, -0.2) is 42.0 Å². The van der Waals surface area contributed by atoms with Crippen LogP contribution in [0.3, 0.4) is 0 Å². The summed E-state index contributed by atoms with van der Waals surface area (Å²) < 4.78 is 30.9. The molecule has 2 aromatic heterocycles. The Balaban J connectivity index is 1.43. The Morgan fingerprint density at radius 3 is 2.34 bits per heavy atom. The van der Waals surface area contributed by atoms with Gasteiger partial charge in [-0.25, -0.2) is 8.42 Å². The van der Waals surface area contributed by atoms with Crippen LogP contribution in [0, 0.1) is 5.92 Å². The van der Waals surface area contributed by atoms with Gasteiger partial charge in [0.2, 0.25) is 0 Å². The lowest BCUT2D eigenvalue weighted by molar-refractivity contribution is 0.0626. The van der Waals surface area contributed by atoms with Crippen molar-refractivity contribution < 1.29 is 18.3 Å². The van der Waals surface area contributed by atoms with Gasteiger partial charge < -0.3 is 14.8 Å². The summed E-state index contributed by atoms with van der Waals surface area (Å²) in [6, 6.07) is 15.5. The number of aliphatic hydroxyl groups is 1. The predicted octanol–water partition coefficient (Wildman–Crippen LogP) is 5.19. The minimum Gasteiger partial charge on any atom is -0.386 e. The third kappa shape index (κ3) is 5.37. The molecule has 1 aliphatic carbocycles. The first-order valence-corrected chi connectivity index (χ1v) is 14.1. The van der Waals surface area contributed by atoms with Crippen molar-refractivity contribution in [3.63, 3.8) is 0 Å². The van der Waals surface area contributed by atoms with Gasteiger partial charge in [0.1, 0.15) is 0 Å². The second-order valence-electron chi connectivity index (χ2n) is 10.5. The molecule has 35 heavy (non-hydrogen) atoms. The van der Waals surface area contributed by atoms with E-state index in [1.807, 2.05) is 30.3 Å². The van der Waals surface area contributed by atoms with Crippen LogP contribution in [0.2, 0.25) is 0 Å². The molecule has 0 bridgehead atoms. The van der Waals surface area contributed by atoms with Crippen molar-refractivity contribution in [1.29, 1.82) is 0 Å². The molecule has 1 atom stereocenters. The lowest BCUT2D eigenvalue weighted by Crippen LogP contribution is -2.19. The van der Waals surface area contributed by atoms with Gasteiger partial charge in [0.15, 0.2) is 9.84 Å². The summed E-state index contributed by atoms with van der Waals surface area (Å²) in [7, 11) is -3.20. The second-order valence-corrected chi connectivity index (χ2v) is 12.7.